The number of esters is 1. The van der Waals surface area contributed by atoms with E-state index >= 15 is 0 Å². The van der Waals surface area contributed by atoms with E-state index in [1.165, 1.54) is 7.11 Å². The summed E-state index contributed by atoms with van der Waals surface area (Å²) in [6, 6.07) is 6.70. The number of para-hydroxylation sites is 1. The number of aromatic nitrogens is 1. The van der Waals surface area contributed by atoms with Crippen molar-refractivity contribution in [1.29, 1.82) is 0 Å². The van der Waals surface area contributed by atoms with Gasteiger partial charge in [0.1, 0.15) is 6.04 Å². The van der Waals surface area contributed by atoms with Gasteiger partial charge in [-0.05, 0) is 24.5 Å². The molecule has 1 aromatic carbocycles. The standard InChI is InChI=1S/C21H27N3O5/c1-27-20(26)18(11-14-12-22-16-6-3-2-5-15(14)16)24-19(25)17-7-8-21(13-23-17)28-9-4-10-29-21/h2-3,5-6,12,17-18,22-23H,4,7-11,13H2,1H3,(H,24,25)/t17?,18-/m0/s1. The first-order chi connectivity index (χ1) is 14.1. The minimum atomic E-state index is -0.758. The Morgan fingerprint density at radius 3 is 2.83 bits per heavy atom. The van der Waals surface area contributed by atoms with E-state index < -0.39 is 23.8 Å². The lowest BCUT2D eigenvalue weighted by Crippen LogP contribution is -2.60. The molecule has 2 atom stereocenters. The molecule has 2 saturated heterocycles. The van der Waals surface area contributed by atoms with Crippen LogP contribution in [-0.2, 0) is 30.2 Å². The van der Waals surface area contributed by atoms with Gasteiger partial charge in [-0.3, -0.25) is 4.79 Å². The summed E-state index contributed by atoms with van der Waals surface area (Å²) in [5, 5.41) is 7.10. The summed E-state index contributed by atoms with van der Waals surface area (Å²) in [6.45, 7) is 1.80. The van der Waals surface area contributed by atoms with Crippen LogP contribution in [0, 0.1) is 0 Å². The van der Waals surface area contributed by atoms with Crippen LogP contribution >= 0.6 is 0 Å². The van der Waals surface area contributed by atoms with Gasteiger partial charge in [0.05, 0.1) is 32.9 Å². The molecule has 2 aliphatic heterocycles. The van der Waals surface area contributed by atoms with E-state index in [-0.39, 0.29) is 5.91 Å². The van der Waals surface area contributed by atoms with Gasteiger partial charge in [-0.2, -0.15) is 0 Å². The van der Waals surface area contributed by atoms with Crippen LogP contribution in [0.5, 0.6) is 0 Å². The number of fused-ring (bicyclic) bond motifs is 1. The first-order valence-corrected chi connectivity index (χ1v) is 10.0. The molecule has 0 aliphatic carbocycles. The fourth-order valence-electron chi connectivity index (χ4n) is 4.05. The number of hydrogen-bond acceptors (Lipinski definition) is 6. The first-order valence-electron chi connectivity index (χ1n) is 10.0. The molecule has 29 heavy (non-hydrogen) atoms. The quantitative estimate of drug-likeness (QED) is 0.652. The van der Waals surface area contributed by atoms with Crippen LogP contribution in [0.4, 0.5) is 0 Å². The molecule has 1 unspecified atom stereocenters. The number of carbonyl (C=O) groups excluding carboxylic acids is 2. The number of piperidine rings is 1. The maximum Gasteiger partial charge on any atom is 0.328 e. The van der Waals surface area contributed by atoms with Gasteiger partial charge in [-0.15, -0.1) is 0 Å². The van der Waals surface area contributed by atoms with Crippen molar-refractivity contribution < 1.29 is 23.8 Å². The van der Waals surface area contributed by atoms with E-state index in [9.17, 15) is 9.59 Å². The lowest BCUT2D eigenvalue weighted by molar-refractivity contribution is -0.273. The van der Waals surface area contributed by atoms with Gasteiger partial charge >= 0.3 is 5.97 Å². The van der Waals surface area contributed by atoms with E-state index in [1.807, 2.05) is 30.5 Å². The Bertz CT molecular complexity index is 864. The average molecular weight is 401 g/mol. The Kier molecular flexibility index (Phi) is 5.84. The molecule has 1 aromatic heterocycles. The summed E-state index contributed by atoms with van der Waals surface area (Å²) in [6.07, 6.45) is 4.33. The minimum absolute atomic E-state index is 0.217. The second-order valence-electron chi connectivity index (χ2n) is 7.58. The summed E-state index contributed by atoms with van der Waals surface area (Å²) in [5.74, 6) is -1.30. The van der Waals surface area contributed by atoms with Gasteiger partial charge in [0.2, 0.25) is 5.91 Å². The number of hydrogen-bond donors (Lipinski definition) is 3. The third kappa shape index (κ3) is 4.29. The second kappa shape index (κ2) is 8.52. The summed E-state index contributed by atoms with van der Waals surface area (Å²) in [7, 11) is 1.33. The smallest absolute Gasteiger partial charge is 0.328 e. The highest BCUT2D eigenvalue weighted by Crippen LogP contribution is 2.28. The van der Waals surface area contributed by atoms with Crippen LogP contribution in [-0.4, -0.2) is 61.6 Å². The third-order valence-electron chi connectivity index (χ3n) is 5.67. The zero-order valence-corrected chi connectivity index (χ0v) is 16.5. The van der Waals surface area contributed by atoms with Crippen molar-refractivity contribution in [3.05, 3.63) is 36.0 Å². The predicted octanol–water partition coefficient (Wildman–Crippen LogP) is 1.25. The highest BCUT2D eigenvalue weighted by Gasteiger charge is 2.41. The first kappa shape index (κ1) is 19.9. The summed E-state index contributed by atoms with van der Waals surface area (Å²) in [4.78, 5) is 28.3. The maximum atomic E-state index is 12.8. The molecule has 4 rings (SSSR count). The van der Waals surface area contributed by atoms with Crippen molar-refractivity contribution in [2.75, 3.05) is 26.9 Å². The largest absolute Gasteiger partial charge is 0.467 e. The number of ether oxygens (including phenoxy) is 3. The lowest BCUT2D eigenvalue weighted by atomic mass is 9.97. The Labute approximate surface area is 169 Å². The Balaban J connectivity index is 1.40. The van der Waals surface area contributed by atoms with Gasteiger partial charge in [-0.1, -0.05) is 18.2 Å². The predicted molar refractivity (Wildman–Crippen MR) is 106 cm³/mol. The molecule has 0 bridgehead atoms. The maximum absolute atomic E-state index is 12.8. The number of rotatable bonds is 5. The molecule has 3 heterocycles. The topological polar surface area (TPSA) is 102 Å². The van der Waals surface area contributed by atoms with E-state index in [4.69, 9.17) is 14.2 Å². The third-order valence-corrected chi connectivity index (χ3v) is 5.67. The van der Waals surface area contributed by atoms with E-state index in [1.54, 1.807) is 0 Å². The lowest BCUT2D eigenvalue weighted by Gasteiger charge is -2.42. The summed E-state index contributed by atoms with van der Waals surface area (Å²) < 4.78 is 16.5. The Morgan fingerprint density at radius 2 is 2.10 bits per heavy atom. The van der Waals surface area contributed by atoms with Gasteiger partial charge < -0.3 is 29.8 Å². The monoisotopic (exact) mass is 401 g/mol. The number of carbonyl (C=O) groups is 2. The van der Waals surface area contributed by atoms with Crippen LogP contribution in [0.15, 0.2) is 30.5 Å². The van der Waals surface area contributed by atoms with Gasteiger partial charge in [0.15, 0.2) is 5.79 Å². The van der Waals surface area contributed by atoms with E-state index in [2.05, 4.69) is 15.6 Å². The molecular weight excluding hydrogens is 374 g/mol. The number of aromatic amines is 1. The Morgan fingerprint density at radius 1 is 1.31 bits per heavy atom. The van der Waals surface area contributed by atoms with Crippen molar-refractivity contribution in [2.45, 2.75) is 43.6 Å². The molecule has 1 amide bonds. The van der Waals surface area contributed by atoms with Crippen LogP contribution in [0.25, 0.3) is 10.9 Å². The zero-order valence-electron chi connectivity index (χ0n) is 16.5. The normalized spacial score (nSPS) is 22.3. The van der Waals surface area contributed by atoms with Gasteiger partial charge in [0, 0.05) is 29.9 Å². The molecule has 2 fully saturated rings. The van der Waals surface area contributed by atoms with Crippen LogP contribution in [0.3, 0.4) is 0 Å². The fraction of sp³-hybridized carbons (Fsp3) is 0.524. The molecule has 0 saturated carbocycles. The van der Waals surface area contributed by atoms with Gasteiger partial charge in [-0.25, -0.2) is 4.79 Å². The SMILES string of the molecule is COC(=O)[C@H](Cc1c[nH]c2ccccc12)NC(=O)C1CCC2(CN1)OCCCO2. The summed E-state index contributed by atoms with van der Waals surface area (Å²) >= 11 is 0. The molecule has 3 N–H and O–H groups in total. The Hall–Kier alpha value is -2.42. The zero-order chi connectivity index (χ0) is 20.3. The number of methoxy groups -OCH3 is 1. The number of H-pyrrole nitrogens is 1. The molecule has 0 radical (unpaired) electrons. The van der Waals surface area contributed by atoms with Crippen LogP contribution in [0.2, 0.25) is 0 Å². The van der Waals surface area contributed by atoms with Crippen molar-refractivity contribution in [2.24, 2.45) is 0 Å². The molecule has 2 aliphatic rings. The van der Waals surface area contributed by atoms with E-state index in [0.29, 0.717) is 39.0 Å². The van der Waals surface area contributed by atoms with Crippen molar-refractivity contribution >= 4 is 22.8 Å². The summed E-state index contributed by atoms with van der Waals surface area (Å²) in [5.41, 5.74) is 1.94. The fourth-order valence-corrected chi connectivity index (χ4v) is 4.05. The molecule has 156 valence electrons. The number of benzene rings is 1. The minimum Gasteiger partial charge on any atom is -0.467 e. The molecule has 8 nitrogen and oxygen atoms in total. The number of amides is 1. The average Bonchev–Trinajstić information content (AvgIpc) is 3.16. The number of nitrogens with one attached hydrogen (secondary N) is 3. The molecule has 2 aromatic rings. The van der Waals surface area contributed by atoms with Crippen molar-refractivity contribution in [1.82, 2.24) is 15.6 Å². The van der Waals surface area contributed by atoms with Crippen LogP contribution in [0.1, 0.15) is 24.8 Å². The van der Waals surface area contributed by atoms with Crippen molar-refractivity contribution in [3.8, 4) is 0 Å². The highest BCUT2D eigenvalue weighted by atomic mass is 16.7. The molecular formula is C21H27N3O5. The molecule has 1 spiro atoms. The van der Waals surface area contributed by atoms with Gasteiger partial charge in [0.25, 0.3) is 0 Å². The van der Waals surface area contributed by atoms with Crippen LogP contribution < -0.4 is 10.6 Å². The second-order valence-corrected chi connectivity index (χ2v) is 7.58. The molecule has 8 heteroatoms. The van der Waals surface area contributed by atoms with Crippen molar-refractivity contribution in [3.63, 3.8) is 0 Å². The van der Waals surface area contributed by atoms with E-state index in [0.717, 1.165) is 22.9 Å². The highest BCUT2D eigenvalue weighted by molar-refractivity contribution is 5.89.